The summed E-state index contributed by atoms with van der Waals surface area (Å²) in [7, 11) is 0. The van der Waals surface area contributed by atoms with Crippen molar-refractivity contribution in [1.29, 1.82) is 0 Å². The van der Waals surface area contributed by atoms with E-state index in [1.165, 1.54) is 0 Å². The third-order valence-corrected chi connectivity index (χ3v) is 1.89. The van der Waals surface area contributed by atoms with E-state index in [0.717, 1.165) is 11.1 Å². The second-order valence-corrected chi connectivity index (χ2v) is 3.07. The average molecular weight is 192 g/mol. The van der Waals surface area contributed by atoms with Crippen LogP contribution in [-0.4, -0.2) is 5.75 Å². The maximum atomic E-state index is 5.65. The molecule has 0 bridgehead atoms. The van der Waals surface area contributed by atoms with Gasteiger partial charge in [-0.25, -0.2) is 0 Å². The van der Waals surface area contributed by atoms with E-state index in [9.17, 15) is 0 Å². The monoisotopic (exact) mass is 192 g/mol. The number of hydrogen-bond acceptors (Lipinski definition) is 3. The summed E-state index contributed by atoms with van der Waals surface area (Å²) in [6.07, 6.45) is 0. The van der Waals surface area contributed by atoms with Crippen molar-refractivity contribution in [2.24, 2.45) is 0 Å². The zero-order chi connectivity index (χ0) is 9.84. The molecule has 0 saturated heterocycles. The zero-order valence-electron chi connectivity index (χ0n) is 7.46. The normalized spacial score (nSPS) is 9.08. The Morgan fingerprint density at radius 1 is 1.31 bits per heavy atom. The first-order chi connectivity index (χ1) is 6.15. The molecular weight excluding hydrogens is 180 g/mol. The standard InChI is InChI=1S/C10H12N2S/c1-7-5-9(11)10(12)6-8(7)3-2-4-13/h5-6,13H,4,11-12H2,1H3. The molecule has 1 aromatic carbocycles. The lowest BCUT2D eigenvalue weighted by molar-refractivity contribution is 1.44. The van der Waals surface area contributed by atoms with Gasteiger partial charge in [-0.2, -0.15) is 12.6 Å². The highest BCUT2D eigenvalue weighted by molar-refractivity contribution is 7.80. The van der Waals surface area contributed by atoms with Gasteiger partial charge in [0, 0.05) is 5.56 Å². The van der Waals surface area contributed by atoms with Crippen molar-refractivity contribution in [3.8, 4) is 11.8 Å². The summed E-state index contributed by atoms with van der Waals surface area (Å²) >= 11 is 4.00. The molecule has 0 spiro atoms. The summed E-state index contributed by atoms with van der Waals surface area (Å²) in [4.78, 5) is 0. The molecule has 0 amide bonds. The SMILES string of the molecule is Cc1cc(N)c(N)cc1C#CCS. The van der Waals surface area contributed by atoms with Gasteiger partial charge >= 0.3 is 0 Å². The number of aryl methyl sites for hydroxylation is 1. The van der Waals surface area contributed by atoms with E-state index in [-0.39, 0.29) is 0 Å². The van der Waals surface area contributed by atoms with Gasteiger partial charge in [0.05, 0.1) is 17.1 Å². The van der Waals surface area contributed by atoms with Crippen LogP contribution in [-0.2, 0) is 0 Å². The van der Waals surface area contributed by atoms with Crippen molar-refractivity contribution in [3.05, 3.63) is 23.3 Å². The summed E-state index contributed by atoms with van der Waals surface area (Å²) in [6.45, 7) is 1.96. The van der Waals surface area contributed by atoms with Crippen molar-refractivity contribution in [2.75, 3.05) is 17.2 Å². The second-order valence-electron chi connectivity index (χ2n) is 2.76. The fourth-order valence-electron chi connectivity index (χ4n) is 1.02. The fourth-order valence-corrected chi connectivity index (χ4v) is 1.10. The van der Waals surface area contributed by atoms with E-state index in [1.807, 2.05) is 13.0 Å². The summed E-state index contributed by atoms with van der Waals surface area (Å²) in [6, 6.07) is 3.62. The minimum absolute atomic E-state index is 0.545. The van der Waals surface area contributed by atoms with E-state index < -0.39 is 0 Å². The molecule has 2 nitrogen and oxygen atoms in total. The quantitative estimate of drug-likeness (QED) is 0.331. The number of thiol groups is 1. The summed E-state index contributed by atoms with van der Waals surface area (Å²) in [5.41, 5.74) is 14.4. The molecule has 0 aliphatic carbocycles. The molecule has 1 rings (SSSR count). The van der Waals surface area contributed by atoms with Crippen LogP contribution in [0, 0.1) is 18.8 Å². The van der Waals surface area contributed by atoms with Crippen LogP contribution in [0.25, 0.3) is 0 Å². The van der Waals surface area contributed by atoms with Gasteiger partial charge in [0.25, 0.3) is 0 Å². The van der Waals surface area contributed by atoms with Gasteiger partial charge in [-0.05, 0) is 24.6 Å². The number of nitrogen functional groups attached to an aromatic ring is 2. The molecule has 0 aliphatic heterocycles. The van der Waals surface area contributed by atoms with E-state index in [2.05, 4.69) is 24.5 Å². The van der Waals surface area contributed by atoms with Crippen LogP contribution in [0.1, 0.15) is 11.1 Å². The molecule has 13 heavy (non-hydrogen) atoms. The highest BCUT2D eigenvalue weighted by Crippen LogP contribution is 2.19. The Bertz CT molecular complexity index is 374. The summed E-state index contributed by atoms with van der Waals surface area (Å²) in [5.74, 6) is 6.38. The largest absolute Gasteiger partial charge is 0.397 e. The molecule has 0 atom stereocenters. The van der Waals surface area contributed by atoms with E-state index in [1.54, 1.807) is 6.07 Å². The highest BCUT2D eigenvalue weighted by Gasteiger charge is 1.99. The molecule has 0 aromatic heterocycles. The molecule has 0 heterocycles. The molecule has 0 fully saturated rings. The predicted octanol–water partition coefficient (Wildman–Crippen LogP) is 1.44. The summed E-state index contributed by atoms with van der Waals surface area (Å²) < 4.78 is 0. The van der Waals surface area contributed by atoms with Crippen LogP contribution >= 0.6 is 12.6 Å². The van der Waals surface area contributed by atoms with Crippen LogP contribution < -0.4 is 11.5 Å². The predicted molar refractivity (Wildman–Crippen MR) is 60.7 cm³/mol. The van der Waals surface area contributed by atoms with Gasteiger partial charge in [0.1, 0.15) is 0 Å². The van der Waals surface area contributed by atoms with E-state index in [0.29, 0.717) is 17.1 Å². The number of rotatable bonds is 0. The molecule has 68 valence electrons. The molecule has 0 aliphatic rings. The molecule has 0 radical (unpaired) electrons. The lowest BCUT2D eigenvalue weighted by atomic mass is 10.1. The molecule has 4 N–H and O–H groups in total. The van der Waals surface area contributed by atoms with Crippen LogP contribution in [0.4, 0.5) is 11.4 Å². The third kappa shape index (κ3) is 2.33. The molecular formula is C10H12N2S. The van der Waals surface area contributed by atoms with Gasteiger partial charge in [-0.1, -0.05) is 11.8 Å². The van der Waals surface area contributed by atoms with Gasteiger partial charge < -0.3 is 11.5 Å². The maximum Gasteiger partial charge on any atom is 0.0560 e. The average Bonchev–Trinajstić information content (AvgIpc) is 2.09. The smallest absolute Gasteiger partial charge is 0.0560 e. The third-order valence-electron chi connectivity index (χ3n) is 1.73. The number of hydrogen-bond donors (Lipinski definition) is 3. The number of nitrogens with two attached hydrogens (primary N) is 2. The zero-order valence-corrected chi connectivity index (χ0v) is 8.36. The minimum Gasteiger partial charge on any atom is -0.397 e. The molecule has 0 saturated carbocycles. The molecule has 3 heteroatoms. The van der Waals surface area contributed by atoms with Crippen LogP contribution in [0.3, 0.4) is 0 Å². The first-order valence-electron chi connectivity index (χ1n) is 3.90. The highest BCUT2D eigenvalue weighted by atomic mass is 32.1. The minimum atomic E-state index is 0.545. The van der Waals surface area contributed by atoms with Crippen LogP contribution in [0.15, 0.2) is 12.1 Å². The van der Waals surface area contributed by atoms with Crippen LogP contribution in [0.5, 0.6) is 0 Å². The Kier molecular flexibility index (Phi) is 3.10. The van der Waals surface area contributed by atoms with Crippen molar-refractivity contribution in [3.63, 3.8) is 0 Å². The second kappa shape index (κ2) is 4.11. The Labute approximate surface area is 83.7 Å². The first-order valence-corrected chi connectivity index (χ1v) is 4.53. The Morgan fingerprint density at radius 2 is 1.92 bits per heavy atom. The van der Waals surface area contributed by atoms with E-state index in [4.69, 9.17) is 11.5 Å². The number of benzene rings is 1. The van der Waals surface area contributed by atoms with Crippen molar-refractivity contribution in [1.82, 2.24) is 0 Å². The number of anilines is 2. The van der Waals surface area contributed by atoms with Gasteiger partial charge in [-0.15, -0.1) is 0 Å². The summed E-state index contributed by atoms with van der Waals surface area (Å²) in [5, 5.41) is 0. The van der Waals surface area contributed by atoms with Gasteiger partial charge in [0.2, 0.25) is 0 Å². The molecule has 0 unspecified atom stereocenters. The van der Waals surface area contributed by atoms with Gasteiger partial charge in [-0.3, -0.25) is 0 Å². The van der Waals surface area contributed by atoms with Crippen LogP contribution in [0.2, 0.25) is 0 Å². The van der Waals surface area contributed by atoms with E-state index >= 15 is 0 Å². The fraction of sp³-hybridized carbons (Fsp3) is 0.200. The van der Waals surface area contributed by atoms with Gasteiger partial charge in [0.15, 0.2) is 0 Å². The van der Waals surface area contributed by atoms with Crippen molar-refractivity contribution < 1.29 is 0 Å². The lowest BCUT2D eigenvalue weighted by Gasteiger charge is -2.03. The Balaban J connectivity index is 3.16. The van der Waals surface area contributed by atoms with Crippen molar-refractivity contribution >= 4 is 24.0 Å². The Hall–Kier alpha value is -1.27. The Morgan fingerprint density at radius 3 is 2.54 bits per heavy atom. The lowest BCUT2D eigenvalue weighted by Crippen LogP contribution is -1.96. The molecule has 1 aromatic rings. The topological polar surface area (TPSA) is 52.0 Å². The van der Waals surface area contributed by atoms with Crippen molar-refractivity contribution in [2.45, 2.75) is 6.92 Å². The first kappa shape index (κ1) is 9.82. The maximum absolute atomic E-state index is 5.65.